The van der Waals surface area contributed by atoms with E-state index >= 15 is 0 Å². The fraction of sp³-hybridized carbons (Fsp3) is 0. The molecule has 1 nitrogen and oxygen atoms in total. The molecule has 0 fully saturated rings. The number of thiophene rings is 1. The fourth-order valence-electron chi connectivity index (χ4n) is 8.78. The minimum absolute atomic E-state index is 1.10. The summed E-state index contributed by atoms with van der Waals surface area (Å²) in [5, 5.41) is 5.02. The molecular weight excluding hydrogens is 743 g/mol. The Balaban J connectivity index is 1.13. The van der Waals surface area contributed by atoms with E-state index in [4.69, 9.17) is 0 Å². The Labute approximate surface area is 354 Å². The van der Waals surface area contributed by atoms with Gasteiger partial charge in [0.25, 0.3) is 0 Å². The molecule has 0 N–H and O–H groups in total. The minimum Gasteiger partial charge on any atom is -0.309 e. The highest BCUT2D eigenvalue weighted by molar-refractivity contribution is 7.27. The highest BCUT2D eigenvalue weighted by Crippen LogP contribution is 2.48. The number of hydrogen-bond donors (Lipinski definition) is 0. The van der Waals surface area contributed by atoms with Gasteiger partial charge in [-0.05, 0) is 109 Å². The van der Waals surface area contributed by atoms with E-state index in [0.29, 0.717) is 0 Å². The highest BCUT2D eigenvalue weighted by Gasteiger charge is 2.21. The van der Waals surface area contributed by atoms with Gasteiger partial charge in [0.2, 0.25) is 0 Å². The van der Waals surface area contributed by atoms with Gasteiger partial charge in [-0.1, -0.05) is 194 Å². The first-order valence-corrected chi connectivity index (χ1v) is 21.3. The van der Waals surface area contributed by atoms with Gasteiger partial charge in [0, 0.05) is 26.8 Å². The number of hydrogen-bond acceptors (Lipinski definition) is 2. The van der Waals surface area contributed by atoms with Crippen LogP contribution in [0.15, 0.2) is 237 Å². The molecule has 1 heterocycles. The molecule has 0 aliphatic carbocycles. The monoisotopic (exact) mass is 781 g/mol. The predicted octanol–water partition coefficient (Wildman–Crippen LogP) is 17.0. The molecule has 1 aromatic heterocycles. The molecule has 0 saturated carbocycles. The topological polar surface area (TPSA) is 3.24 Å². The van der Waals surface area contributed by atoms with E-state index < -0.39 is 0 Å². The lowest BCUT2D eigenvalue weighted by Gasteiger charge is -2.27. The van der Waals surface area contributed by atoms with Crippen LogP contribution in [-0.4, -0.2) is 0 Å². The summed E-state index contributed by atoms with van der Waals surface area (Å²) in [7, 11) is 0. The Bertz CT molecular complexity index is 3280. The summed E-state index contributed by atoms with van der Waals surface area (Å²) in [4.78, 5) is 2.46. The number of anilines is 3. The van der Waals surface area contributed by atoms with Crippen LogP contribution in [0.1, 0.15) is 0 Å². The van der Waals surface area contributed by atoms with Crippen LogP contribution in [0, 0.1) is 0 Å². The van der Waals surface area contributed by atoms with Crippen LogP contribution in [0.4, 0.5) is 17.1 Å². The third kappa shape index (κ3) is 6.44. The third-order valence-corrected chi connectivity index (χ3v) is 12.9. The lowest BCUT2D eigenvalue weighted by atomic mass is 9.91. The van der Waals surface area contributed by atoms with Crippen LogP contribution in [0.25, 0.3) is 86.6 Å². The van der Waals surface area contributed by atoms with Gasteiger partial charge in [-0.25, -0.2) is 0 Å². The first-order chi connectivity index (χ1) is 29.8. The highest BCUT2D eigenvalue weighted by atomic mass is 32.1. The normalized spacial score (nSPS) is 11.3. The Morgan fingerprint density at radius 1 is 0.267 bits per heavy atom. The maximum Gasteiger partial charge on any atom is 0.0640 e. The average molecular weight is 782 g/mol. The van der Waals surface area contributed by atoms with Crippen molar-refractivity contribution < 1.29 is 0 Å². The van der Waals surface area contributed by atoms with Gasteiger partial charge >= 0.3 is 0 Å². The lowest BCUT2D eigenvalue weighted by Crippen LogP contribution is -2.10. The fourth-order valence-corrected chi connectivity index (χ4v) is 10.1. The largest absolute Gasteiger partial charge is 0.309 e. The summed E-state index contributed by atoms with van der Waals surface area (Å²) < 4.78 is 2.56. The standard InChI is InChI=1S/C58H39NS/c1-5-17-40(18-6-1)49-36-35-48(39-55(49)43-23-11-4-12-24-43)59(56-30-16-29-52-51-28-15-27-50(57(51)60-58(52)56)41-19-7-2-8-20-41)47-33-31-44(32-34-47)54-38-46-26-14-13-25-45(46)37-53(54)42-21-9-3-10-22-42/h1-39H. The van der Waals surface area contributed by atoms with Crippen molar-refractivity contribution in [3.8, 4) is 55.6 Å². The van der Waals surface area contributed by atoms with E-state index in [1.165, 1.54) is 86.6 Å². The summed E-state index contributed by atoms with van der Waals surface area (Å²) in [6.45, 7) is 0. The molecule has 0 saturated heterocycles. The molecule has 11 rings (SSSR count). The first kappa shape index (κ1) is 35.6. The van der Waals surface area contributed by atoms with Gasteiger partial charge in [-0.2, -0.15) is 0 Å². The van der Waals surface area contributed by atoms with Crippen LogP contribution in [-0.2, 0) is 0 Å². The van der Waals surface area contributed by atoms with E-state index in [9.17, 15) is 0 Å². The molecule has 0 aliphatic heterocycles. The van der Waals surface area contributed by atoms with Crippen LogP contribution in [0.2, 0.25) is 0 Å². The maximum atomic E-state index is 2.46. The second kappa shape index (κ2) is 15.3. The smallest absolute Gasteiger partial charge is 0.0640 e. The summed E-state index contributed by atoms with van der Waals surface area (Å²) in [6, 6.07) is 86.1. The zero-order valence-electron chi connectivity index (χ0n) is 32.9. The van der Waals surface area contributed by atoms with E-state index in [1.807, 2.05) is 11.3 Å². The van der Waals surface area contributed by atoms with Crippen molar-refractivity contribution in [3.05, 3.63) is 237 Å². The van der Waals surface area contributed by atoms with Gasteiger partial charge in [-0.3, -0.25) is 0 Å². The van der Waals surface area contributed by atoms with Gasteiger partial charge in [0.05, 0.1) is 10.4 Å². The van der Waals surface area contributed by atoms with Crippen molar-refractivity contribution in [2.24, 2.45) is 0 Å². The van der Waals surface area contributed by atoms with Crippen molar-refractivity contribution in [1.29, 1.82) is 0 Å². The second-order valence-electron chi connectivity index (χ2n) is 15.3. The van der Waals surface area contributed by atoms with Crippen LogP contribution in [0.3, 0.4) is 0 Å². The summed E-state index contributed by atoms with van der Waals surface area (Å²) >= 11 is 1.89. The molecule has 0 radical (unpaired) electrons. The summed E-state index contributed by atoms with van der Waals surface area (Å²) in [6.07, 6.45) is 0. The second-order valence-corrected chi connectivity index (χ2v) is 16.3. The van der Waals surface area contributed by atoms with Crippen LogP contribution >= 0.6 is 11.3 Å². The zero-order chi connectivity index (χ0) is 39.8. The molecule has 60 heavy (non-hydrogen) atoms. The molecule has 0 unspecified atom stereocenters. The van der Waals surface area contributed by atoms with Crippen molar-refractivity contribution in [3.63, 3.8) is 0 Å². The van der Waals surface area contributed by atoms with Gasteiger partial charge in [0.15, 0.2) is 0 Å². The molecule has 11 aromatic rings. The predicted molar refractivity (Wildman–Crippen MR) is 259 cm³/mol. The van der Waals surface area contributed by atoms with Gasteiger partial charge < -0.3 is 4.90 Å². The van der Waals surface area contributed by atoms with Crippen molar-refractivity contribution in [2.45, 2.75) is 0 Å². The quantitative estimate of drug-likeness (QED) is 0.148. The molecular formula is C58H39NS. The minimum atomic E-state index is 1.10. The molecule has 282 valence electrons. The Morgan fingerprint density at radius 2 is 0.700 bits per heavy atom. The molecule has 0 aliphatic rings. The van der Waals surface area contributed by atoms with Crippen LogP contribution < -0.4 is 4.90 Å². The maximum absolute atomic E-state index is 2.46. The van der Waals surface area contributed by atoms with Crippen molar-refractivity contribution in [1.82, 2.24) is 0 Å². The summed E-state index contributed by atoms with van der Waals surface area (Å²) in [5.41, 5.74) is 15.5. The summed E-state index contributed by atoms with van der Waals surface area (Å²) in [5.74, 6) is 0. The molecule has 0 spiro atoms. The van der Waals surface area contributed by atoms with Gasteiger partial charge in [0.1, 0.15) is 0 Å². The van der Waals surface area contributed by atoms with E-state index in [0.717, 1.165) is 17.1 Å². The molecule has 10 aromatic carbocycles. The zero-order valence-corrected chi connectivity index (χ0v) is 33.7. The van der Waals surface area contributed by atoms with E-state index in [2.05, 4.69) is 241 Å². The van der Waals surface area contributed by atoms with Crippen molar-refractivity contribution in [2.75, 3.05) is 4.90 Å². The molecule has 2 heteroatoms. The Hall–Kier alpha value is -7.52. The Morgan fingerprint density at radius 3 is 1.27 bits per heavy atom. The van der Waals surface area contributed by atoms with Crippen LogP contribution in [0.5, 0.6) is 0 Å². The first-order valence-electron chi connectivity index (χ1n) is 20.5. The lowest BCUT2D eigenvalue weighted by molar-refractivity contribution is 1.30. The number of fused-ring (bicyclic) bond motifs is 4. The number of rotatable bonds is 8. The van der Waals surface area contributed by atoms with E-state index in [1.54, 1.807) is 0 Å². The van der Waals surface area contributed by atoms with Gasteiger partial charge in [-0.15, -0.1) is 11.3 Å². The Kier molecular flexibility index (Phi) is 9.11. The number of benzene rings is 10. The number of nitrogens with zero attached hydrogens (tertiary/aromatic N) is 1. The molecule has 0 atom stereocenters. The molecule has 0 bridgehead atoms. The van der Waals surface area contributed by atoms with E-state index in [-0.39, 0.29) is 0 Å². The van der Waals surface area contributed by atoms with Crippen molar-refractivity contribution >= 4 is 59.3 Å². The SMILES string of the molecule is c1ccc(-c2ccc(N(c3ccc(-c4cc5ccccc5cc4-c4ccccc4)cc3)c3cccc4c3sc3c(-c5ccccc5)cccc34)cc2-c2ccccc2)cc1. The average Bonchev–Trinajstić information content (AvgIpc) is 3.72. The third-order valence-electron chi connectivity index (χ3n) is 11.7. The molecule has 0 amide bonds.